The smallest absolute Gasteiger partial charge is 0.104 e. The Kier molecular flexibility index (Phi) is 6.07. The molecule has 3 nitrogen and oxygen atoms in total. The average molecular weight is 273 g/mol. The molecular weight excluding hydrogens is 250 g/mol. The highest BCUT2D eigenvalue weighted by molar-refractivity contribution is 5.41. The monoisotopic (exact) mass is 273 g/mol. The Morgan fingerprint density at radius 1 is 1.35 bits per heavy atom. The lowest BCUT2D eigenvalue weighted by Gasteiger charge is -2.17. The molecule has 0 atom stereocenters. The van der Waals surface area contributed by atoms with Gasteiger partial charge in [0.05, 0.1) is 6.61 Å². The lowest BCUT2D eigenvalue weighted by Crippen LogP contribution is -2.23. The summed E-state index contributed by atoms with van der Waals surface area (Å²) >= 11 is 0. The molecule has 1 aliphatic carbocycles. The Morgan fingerprint density at radius 2 is 2.15 bits per heavy atom. The van der Waals surface area contributed by atoms with E-state index in [-0.39, 0.29) is 6.61 Å². The van der Waals surface area contributed by atoms with E-state index in [1.807, 2.05) is 18.2 Å². The summed E-state index contributed by atoms with van der Waals surface area (Å²) in [6.07, 6.45) is 2.68. The highest BCUT2D eigenvalue weighted by Gasteiger charge is 2.20. The van der Waals surface area contributed by atoms with Crippen LogP contribution in [0.25, 0.3) is 0 Å². The number of hydrogen-bond acceptors (Lipinski definition) is 3. The van der Waals surface area contributed by atoms with Crippen LogP contribution in [0.15, 0.2) is 24.3 Å². The van der Waals surface area contributed by atoms with Crippen molar-refractivity contribution in [1.82, 2.24) is 4.90 Å². The van der Waals surface area contributed by atoms with Crippen LogP contribution in [-0.2, 0) is 11.3 Å². The first-order chi connectivity index (χ1) is 9.79. The maximum Gasteiger partial charge on any atom is 0.104 e. The van der Waals surface area contributed by atoms with Crippen molar-refractivity contribution in [3.8, 4) is 11.8 Å². The summed E-state index contributed by atoms with van der Waals surface area (Å²) in [6.45, 7) is 3.39. The largest absolute Gasteiger partial charge is 0.384 e. The molecule has 0 radical (unpaired) electrons. The molecule has 1 aromatic rings. The fourth-order valence-electron chi connectivity index (χ4n) is 2.04. The predicted octanol–water partition coefficient (Wildman–Crippen LogP) is 1.89. The van der Waals surface area contributed by atoms with Gasteiger partial charge in [-0.1, -0.05) is 30.0 Å². The van der Waals surface area contributed by atoms with Gasteiger partial charge in [-0.3, -0.25) is 4.90 Å². The van der Waals surface area contributed by atoms with Crippen LogP contribution >= 0.6 is 0 Å². The number of benzene rings is 1. The minimum absolute atomic E-state index is 0.0980. The van der Waals surface area contributed by atoms with E-state index in [9.17, 15) is 0 Å². The number of hydrogen-bond donors (Lipinski definition) is 1. The summed E-state index contributed by atoms with van der Waals surface area (Å²) in [7, 11) is 2.09. The Labute approximate surface area is 121 Å². The normalized spacial score (nSPS) is 14.2. The van der Waals surface area contributed by atoms with Crippen molar-refractivity contribution >= 4 is 0 Å². The molecule has 0 bridgehead atoms. The molecule has 1 N–H and O–H groups in total. The predicted molar refractivity (Wildman–Crippen MR) is 80.3 cm³/mol. The van der Waals surface area contributed by atoms with E-state index in [0.717, 1.165) is 37.8 Å². The van der Waals surface area contributed by atoms with Crippen LogP contribution in [0.4, 0.5) is 0 Å². The van der Waals surface area contributed by atoms with Crippen molar-refractivity contribution in [2.75, 3.05) is 33.4 Å². The first-order valence-corrected chi connectivity index (χ1v) is 7.23. The van der Waals surface area contributed by atoms with Crippen LogP contribution in [0.5, 0.6) is 0 Å². The second kappa shape index (κ2) is 8.06. The van der Waals surface area contributed by atoms with E-state index in [1.54, 1.807) is 0 Å². The van der Waals surface area contributed by atoms with Gasteiger partial charge in [0.25, 0.3) is 0 Å². The van der Waals surface area contributed by atoms with Gasteiger partial charge in [-0.25, -0.2) is 0 Å². The molecule has 20 heavy (non-hydrogen) atoms. The van der Waals surface area contributed by atoms with Gasteiger partial charge in [0.15, 0.2) is 0 Å². The zero-order chi connectivity index (χ0) is 14.2. The number of ether oxygens (including phenoxy) is 1. The standard InChI is InChI=1S/C17H23NO2/c1-18(10-12-20-14-15-8-9-15)13-17-6-3-2-5-16(17)7-4-11-19/h2-3,5-6,15,19H,8-14H2,1H3. The molecule has 0 unspecified atom stereocenters. The average Bonchev–Trinajstić information content (AvgIpc) is 3.27. The zero-order valence-corrected chi connectivity index (χ0v) is 12.1. The first-order valence-electron chi connectivity index (χ1n) is 7.23. The summed E-state index contributed by atoms with van der Waals surface area (Å²) in [5, 5.41) is 8.79. The van der Waals surface area contributed by atoms with Gasteiger partial charge in [-0.2, -0.15) is 0 Å². The quantitative estimate of drug-likeness (QED) is 0.608. The molecule has 0 aliphatic heterocycles. The molecule has 0 spiro atoms. The summed E-state index contributed by atoms with van der Waals surface area (Å²) in [4.78, 5) is 2.24. The molecule has 108 valence electrons. The molecule has 0 aromatic heterocycles. The molecule has 3 heteroatoms. The third-order valence-electron chi connectivity index (χ3n) is 3.43. The van der Waals surface area contributed by atoms with Crippen LogP contribution in [0.1, 0.15) is 24.0 Å². The Morgan fingerprint density at radius 3 is 2.90 bits per heavy atom. The van der Waals surface area contributed by atoms with Crippen LogP contribution in [0.2, 0.25) is 0 Å². The second-order valence-electron chi connectivity index (χ2n) is 5.37. The van der Waals surface area contributed by atoms with Gasteiger partial charge >= 0.3 is 0 Å². The van der Waals surface area contributed by atoms with E-state index in [1.165, 1.54) is 18.4 Å². The fourth-order valence-corrected chi connectivity index (χ4v) is 2.04. The van der Waals surface area contributed by atoms with Crippen molar-refractivity contribution in [3.05, 3.63) is 35.4 Å². The SMILES string of the molecule is CN(CCOCC1CC1)Cc1ccccc1C#CCO. The van der Waals surface area contributed by atoms with E-state index in [2.05, 4.69) is 29.9 Å². The molecule has 1 saturated carbocycles. The number of rotatable bonds is 7. The molecule has 0 heterocycles. The van der Waals surface area contributed by atoms with E-state index >= 15 is 0 Å². The Hall–Kier alpha value is -1.34. The van der Waals surface area contributed by atoms with Crippen LogP contribution < -0.4 is 0 Å². The van der Waals surface area contributed by atoms with Gasteiger partial charge in [-0.05, 0) is 37.4 Å². The fraction of sp³-hybridized carbons (Fsp3) is 0.529. The van der Waals surface area contributed by atoms with Crippen molar-refractivity contribution in [3.63, 3.8) is 0 Å². The number of likely N-dealkylation sites (N-methyl/N-ethyl adjacent to an activating group) is 1. The molecule has 0 saturated heterocycles. The van der Waals surface area contributed by atoms with E-state index in [4.69, 9.17) is 9.84 Å². The minimum atomic E-state index is -0.0980. The summed E-state index contributed by atoms with van der Waals surface area (Å²) in [6, 6.07) is 8.08. The molecule has 1 aromatic carbocycles. The lowest BCUT2D eigenvalue weighted by atomic mass is 10.1. The maximum absolute atomic E-state index is 8.79. The van der Waals surface area contributed by atoms with Crippen molar-refractivity contribution in [1.29, 1.82) is 0 Å². The minimum Gasteiger partial charge on any atom is -0.384 e. The van der Waals surface area contributed by atoms with Gasteiger partial charge < -0.3 is 9.84 Å². The zero-order valence-electron chi connectivity index (χ0n) is 12.1. The summed E-state index contributed by atoms with van der Waals surface area (Å²) < 4.78 is 5.66. The van der Waals surface area contributed by atoms with E-state index in [0.29, 0.717) is 0 Å². The third-order valence-corrected chi connectivity index (χ3v) is 3.43. The highest BCUT2D eigenvalue weighted by atomic mass is 16.5. The van der Waals surface area contributed by atoms with Gasteiger partial charge in [0.1, 0.15) is 6.61 Å². The van der Waals surface area contributed by atoms with Crippen LogP contribution in [0.3, 0.4) is 0 Å². The number of aliphatic hydroxyl groups excluding tert-OH is 1. The maximum atomic E-state index is 8.79. The van der Waals surface area contributed by atoms with Gasteiger partial charge in [-0.15, -0.1) is 0 Å². The summed E-state index contributed by atoms with van der Waals surface area (Å²) in [5.74, 6) is 6.54. The van der Waals surface area contributed by atoms with Gasteiger partial charge in [0, 0.05) is 25.3 Å². The Bertz CT molecular complexity index is 471. The van der Waals surface area contributed by atoms with Crippen LogP contribution in [0, 0.1) is 17.8 Å². The molecule has 2 rings (SSSR count). The highest BCUT2D eigenvalue weighted by Crippen LogP contribution is 2.28. The van der Waals surface area contributed by atoms with Crippen molar-refractivity contribution in [2.45, 2.75) is 19.4 Å². The topological polar surface area (TPSA) is 32.7 Å². The first kappa shape index (κ1) is 15.1. The molecular formula is C17H23NO2. The lowest BCUT2D eigenvalue weighted by molar-refractivity contribution is 0.102. The molecule has 1 aliphatic rings. The van der Waals surface area contributed by atoms with Crippen LogP contribution in [-0.4, -0.2) is 43.4 Å². The number of aliphatic hydroxyl groups is 1. The number of nitrogens with zero attached hydrogens (tertiary/aromatic N) is 1. The molecule has 1 fully saturated rings. The van der Waals surface area contributed by atoms with Gasteiger partial charge in [0.2, 0.25) is 0 Å². The second-order valence-corrected chi connectivity index (χ2v) is 5.37. The summed E-state index contributed by atoms with van der Waals surface area (Å²) in [5.41, 5.74) is 2.19. The molecule has 0 amide bonds. The third kappa shape index (κ3) is 5.34. The van der Waals surface area contributed by atoms with Crippen molar-refractivity contribution in [2.24, 2.45) is 5.92 Å². The van der Waals surface area contributed by atoms with E-state index < -0.39 is 0 Å². The Balaban J connectivity index is 1.78. The van der Waals surface area contributed by atoms with Crippen molar-refractivity contribution < 1.29 is 9.84 Å².